The largest absolute Gasteiger partial charge is 0.384 e. The third kappa shape index (κ3) is 4.06. The van der Waals surface area contributed by atoms with Crippen molar-refractivity contribution in [1.29, 1.82) is 0 Å². The Morgan fingerprint density at radius 2 is 2.05 bits per heavy atom. The number of aromatic nitrogens is 2. The molecule has 0 bridgehead atoms. The average Bonchev–Trinajstić information content (AvgIpc) is 2.78. The summed E-state index contributed by atoms with van der Waals surface area (Å²) >= 11 is 0. The van der Waals surface area contributed by atoms with E-state index in [0.717, 1.165) is 24.5 Å². The lowest BCUT2D eigenvalue weighted by Crippen LogP contribution is -2.12. The van der Waals surface area contributed by atoms with Gasteiger partial charge >= 0.3 is 0 Å². The summed E-state index contributed by atoms with van der Waals surface area (Å²) in [6.07, 6.45) is 0.731. The SMILES string of the molecule is Cc1ccccc1NCCc1nc(CN(C)C)no1. The van der Waals surface area contributed by atoms with E-state index in [1.807, 2.05) is 31.1 Å². The molecule has 0 atom stereocenters. The zero-order chi connectivity index (χ0) is 13.7. The minimum absolute atomic E-state index is 0.679. The summed E-state index contributed by atoms with van der Waals surface area (Å²) in [5.41, 5.74) is 2.39. The zero-order valence-corrected chi connectivity index (χ0v) is 11.7. The fourth-order valence-electron chi connectivity index (χ4n) is 1.81. The van der Waals surface area contributed by atoms with Crippen LogP contribution in [0, 0.1) is 6.92 Å². The van der Waals surface area contributed by atoms with Crippen LogP contribution in [0.2, 0.25) is 0 Å². The molecule has 0 saturated carbocycles. The van der Waals surface area contributed by atoms with E-state index in [-0.39, 0.29) is 0 Å². The van der Waals surface area contributed by atoms with Gasteiger partial charge in [-0.05, 0) is 32.6 Å². The number of aryl methyl sites for hydroxylation is 1. The molecule has 0 unspecified atom stereocenters. The molecule has 0 fully saturated rings. The van der Waals surface area contributed by atoms with Crippen LogP contribution < -0.4 is 5.32 Å². The number of anilines is 1. The molecule has 0 spiro atoms. The van der Waals surface area contributed by atoms with E-state index in [1.54, 1.807) is 0 Å². The molecule has 5 heteroatoms. The molecule has 102 valence electrons. The highest BCUT2D eigenvalue weighted by atomic mass is 16.5. The van der Waals surface area contributed by atoms with E-state index in [2.05, 4.69) is 34.5 Å². The second kappa shape index (κ2) is 6.33. The van der Waals surface area contributed by atoms with E-state index >= 15 is 0 Å². The fourth-order valence-corrected chi connectivity index (χ4v) is 1.81. The smallest absolute Gasteiger partial charge is 0.228 e. The fraction of sp³-hybridized carbons (Fsp3) is 0.429. The molecule has 0 radical (unpaired) electrons. The first-order valence-electron chi connectivity index (χ1n) is 6.41. The zero-order valence-electron chi connectivity index (χ0n) is 11.7. The van der Waals surface area contributed by atoms with Crippen LogP contribution in [0.1, 0.15) is 17.3 Å². The molecule has 0 aliphatic rings. The van der Waals surface area contributed by atoms with Crippen LogP contribution in [0.5, 0.6) is 0 Å². The maximum atomic E-state index is 5.21. The Labute approximate surface area is 113 Å². The van der Waals surface area contributed by atoms with Crippen LogP contribution in [0.4, 0.5) is 5.69 Å². The molecule has 0 amide bonds. The summed E-state index contributed by atoms with van der Waals surface area (Å²) in [6, 6.07) is 8.22. The number of nitrogens with zero attached hydrogens (tertiary/aromatic N) is 3. The summed E-state index contributed by atoms with van der Waals surface area (Å²) in [6.45, 7) is 3.58. The molecule has 5 nitrogen and oxygen atoms in total. The maximum Gasteiger partial charge on any atom is 0.228 e. The van der Waals surface area contributed by atoms with E-state index in [1.165, 1.54) is 5.56 Å². The highest BCUT2D eigenvalue weighted by Crippen LogP contribution is 2.12. The van der Waals surface area contributed by atoms with E-state index in [9.17, 15) is 0 Å². The molecule has 0 saturated heterocycles. The van der Waals surface area contributed by atoms with E-state index in [4.69, 9.17) is 4.52 Å². The van der Waals surface area contributed by atoms with Gasteiger partial charge in [0.2, 0.25) is 5.89 Å². The van der Waals surface area contributed by atoms with Crippen LogP contribution in [0.15, 0.2) is 28.8 Å². The summed E-state index contributed by atoms with van der Waals surface area (Å²) in [5.74, 6) is 1.41. The molecule has 0 aliphatic carbocycles. The third-order valence-electron chi connectivity index (χ3n) is 2.77. The van der Waals surface area contributed by atoms with Crippen molar-refractivity contribution in [3.8, 4) is 0 Å². The topological polar surface area (TPSA) is 54.2 Å². The number of para-hydroxylation sites is 1. The number of benzene rings is 1. The Hall–Kier alpha value is -1.88. The predicted octanol–water partition coefficient (Wildman–Crippen LogP) is 2.09. The van der Waals surface area contributed by atoms with Gasteiger partial charge in [-0.25, -0.2) is 0 Å². The second-order valence-electron chi connectivity index (χ2n) is 4.83. The minimum atomic E-state index is 0.679. The Balaban J connectivity index is 1.83. The third-order valence-corrected chi connectivity index (χ3v) is 2.77. The van der Waals surface area contributed by atoms with Gasteiger partial charge in [0.05, 0.1) is 6.54 Å². The van der Waals surface area contributed by atoms with Crippen molar-refractivity contribution < 1.29 is 4.52 Å². The highest BCUT2D eigenvalue weighted by Gasteiger charge is 2.06. The van der Waals surface area contributed by atoms with Crippen molar-refractivity contribution in [1.82, 2.24) is 15.0 Å². The van der Waals surface area contributed by atoms with Gasteiger partial charge in [-0.3, -0.25) is 0 Å². The van der Waals surface area contributed by atoms with Crippen LogP contribution in [-0.4, -0.2) is 35.7 Å². The summed E-state index contributed by atoms with van der Waals surface area (Å²) in [7, 11) is 3.96. The molecule has 2 aromatic rings. The van der Waals surface area contributed by atoms with Gasteiger partial charge in [0, 0.05) is 18.7 Å². The maximum absolute atomic E-state index is 5.21. The molecule has 1 heterocycles. The van der Waals surface area contributed by atoms with Crippen molar-refractivity contribution in [2.24, 2.45) is 0 Å². The minimum Gasteiger partial charge on any atom is -0.384 e. The molecule has 19 heavy (non-hydrogen) atoms. The van der Waals surface area contributed by atoms with Gasteiger partial charge in [-0.15, -0.1) is 0 Å². The quantitative estimate of drug-likeness (QED) is 0.862. The normalized spacial score (nSPS) is 10.9. The monoisotopic (exact) mass is 260 g/mol. The first-order valence-corrected chi connectivity index (χ1v) is 6.41. The average molecular weight is 260 g/mol. The van der Waals surface area contributed by atoms with Crippen molar-refractivity contribution in [2.75, 3.05) is 26.0 Å². The molecule has 1 aromatic carbocycles. The second-order valence-corrected chi connectivity index (χ2v) is 4.83. The van der Waals surface area contributed by atoms with Gasteiger partial charge in [0.1, 0.15) is 0 Å². The van der Waals surface area contributed by atoms with Crippen LogP contribution in [0.3, 0.4) is 0 Å². The number of hydrogen-bond donors (Lipinski definition) is 1. The highest BCUT2D eigenvalue weighted by molar-refractivity contribution is 5.50. The Bertz CT molecular complexity index is 522. The standard InChI is InChI=1S/C14H20N4O/c1-11-6-4-5-7-12(11)15-9-8-14-16-13(17-19-14)10-18(2)3/h4-7,15H,8-10H2,1-3H3. The van der Waals surface area contributed by atoms with Gasteiger partial charge in [-0.2, -0.15) is 4.98 Å². The number of nitrogens with one attached hydrogen (secondary N) is 1. The number of rotatable bonds is 6. The number of hydrogen-bond acceptors (Lipinski definition) is 5. The van der Waals surface area contributed by atoms with E-state index < -0.39 is 0 Å². The lowest BCUT2D eigenvalue weighted by Gasteiger charge is -2.07. The predicted molar refractivity (Wildman–Crippen MR) is 75.1 cm³/mol. The Morgan fingerprint density at radius 3 is 2.79 bits per heavy atom. The van der Waals surface area contributed by atoms with Crippen LogP contribution in [-0.2, 0) is 13.0 Å². The molecular formula is C14H20N4O. The van der Waals surface area contributed by atoms with Gasteiger partial charge < -0.3 is 14.7 Å². The molecule has 1 aromatic heterocycles. The lowest BCUT2D eigenvalue weighted by atomic mass is 10.2. The molecule has 0 aliphatic heterocycles. The van der Waals surface area contributed by atoms with Gasteiger partial charge in [0.15, 0.2) is 5.82 Å². The molecule has 2 rings (SSSR count). The van der Waals surface area contributed by atoms with Crippen LogP contribution in [0.25, 0.3) is 0 Å². The summed E-state index contributed by atoms with van der Waals surface area (Å²) < 4.78 is 5.21. The summed E-state index contributed by atoms with van der Waals surface area (Å²) in [5, 5.41) is 7.32. The molecular weight excluding hydrogens is 240 g/mol. The molecule has 1 N–H and O–H groups in total. The first kappa shape index (κ1) is 13.5. The van der Waals surface area contributed by atoms with E-state index in [0.29, 0.717) is 12.4 Å². The van der Waals surface area contributed by atoms with Crippen molar-refractivity contribution in [2.45, 2.75) is 19.9 Å². The Kier molecular flexibility index (Phi) is 4.52. The lowest BCUT2D eigenvalue weighted by molar-refractivity contribution is 0.350. The first-order chi connectivity index (χ1) is 9.15. The van der Waals surface area contributed by atoms with Crippen molar-refractivity contribution in [3.05, 3.63) is 41.5 Å². The van der Waals surface area contributed by atoms with Crippen molar-refractivity contribution >= 4 is 5.69 Å². The summed E-state index contributed by atoms with van der Waals surface area (Å²) in [4.78, 5) is 6.36. The van der Waals surface area contributed by atoms with Gasteiger partial charge in [0.25, 0.3) is 0 Å². The van der Waals surface area contributed by atoms with Crippen molar-refractivity contribution in [3.63, 3.8) is 0 Å². The van der Waals surface area contributed by atoms with Crippen LogP contribution >= 0.6 is 0 Å². The van der Waals surface area contributed by atoms with Gasteiger partial charge in [-0.1, -0.05) is 23.4 Å². The Morgan fingerprint density at radius 1 is 1.26 bits per heavy atom.